The number of halogens is 1. The molecule has 0 bridgehead atoms. The Morgan fingerprint density at radius 1 is 1.33 bits per heavy atom. The van der Waals surface area contributed by atoms with E-state index in [1.807, 2.05) is 0 Å². The molecule has 0 amide bonds. The molecule has 0 unspecified atom stereocenters. The third-order valence-corrected chi connectivity index (χ3v) is 5.51. The van der Waals surface area contributed by atoms with Crippen molar-refractivity contribution in [3.05, 3.63) is 11.6 Å². The van der Waals surface area contributed by atoms with Crippen LogP contribution in [0, 0.1) is 0 Å². The quantitative estimate of drug-likeness (QED) is 0.260. The van der Waals surface area contributed by atoms with Crippen molar-refractivity contribution in [2.45, 2.75) is 37.0 Å². The first-order chi connectivity index (χ1) is 14.2. The minimum atomic E-state index is -4.36. The van der Waals surface area contributed by atoms with Crippen LogP contribution in [0.2, 0.25) is 5.28 Å². The molecule has 2 saturated heterocycles. The molecular weight excluding hydrogens is 445 g/mol. The van der Waals surface area contributed by atoms with Gasteiger partial charge in [0.2, 0.25) is 5.28 Å². The molecule has 4 heterocycles. The number of hydrogen-bond donors (Lipinski definition) is 5. The van der Waals surface area contributed by atoms with Gasteiger partial charge in [-0.3, -0.25) is 9.13 Å². The summed E-state index contributed by atoms with van der Waals surface area (Å²) in [4.78, 5) is 30.4. The molecule has 5 atom stereocenters. The van der Waals surface area contributed by atoms with Crippen molar-refractivity contribution in [1.82, 2.24) is 19.5 Å². The fraction of sp³-hybridized carbons (Fsp3) is 0.667. The van der Waals surface area contributed by atoms with E-state index in [1.165, 1.54) is 10.9 Å². The number of anilines is 1. The molecule has 15 heteroatoms. The molecule has 30 heavy (non-hydrogen) atoms. The Labute approximate surface area is 175 Å². The van der Waals surface area contributed by atoms with Gasteiger partial charge in [-0.25, -0.2) is 4.98 Å². The van der Waals surface area contributed by atoms with Crippen LogP contribution in [0.25, 0.3) is 11.2 Å². The Hall–Kier alpha value is -1.41. The van der Waals surface area contributed by atoms with Gasteiger partial charge < -0.3 is 39.5 Å². The van der Waals surface area contributed by atoms with E-state index in [0.717, 1.165) is 6.42 Å². The lowest BCUT2D eigenvalue weighted by atomic mass is 10.1. The zero-order chi connectivity index (χ0) is 21.5. The van der Waals surface area contributed by atoms with Gasteiger partial charge in [-0.05, 0) is 18.0 Å². The standard InChI is InChI=1S/C15H21ClN5O8P/c16-15-19-12(18-7-1-2-27-3-7)9-13(20-15)21(5-17-9)14-11(23)10(22)8(29-14)4-28-6-30(24,25)26/h5,7-8,10-11,14,22-23H,1-4,6H2,(H,18,19,20)(H2,24,25,26)/t7-,8-,10-,11-,14-/m1/s1. The van der Waals surface area contributed by atoms with Gasteiger partial charge in [0.25, 0.3) is 0 Å². The maximum absolute atomic E-state index is 10.9. The molecule has 0 radical (unpaired) electrons. The van der Waals surface area contributed by atoms with Crippen LogP contribution in [-0.2, 0) is 18.8 Å². The Bertz CT molecular complexity index is 951. The molecule has 2 aromatic heterocycles. The lowest BCUT2D eigenvalue weighted by molar-refractivity contribution is -0.0612. The van der Waals surface area contributed by atoms with Crippen LogP contribution < -0.4 is 5.32 Å². The van der Waals surface area contributed by atoms with Crippen molar-refractivity contribution in [3.8, 4) is 0 Å². The highest BCUT2D eigenvalue weighted by Gasteiger charge is 2.44. The predicted molar refractivity (Wildman–Crippen MR) is 102 cm³/mol. The van der Waals surface area contributed by atoms with E-state index in [2.05, 4.69) is 20.3 Å². The van der Waals surface area contributed by atoms with Gasteiger partial charge in [0.05, 0.1) is 25.6 Å². The largest absolute Gasteiger partial charge is 0.387 e. The first-order valence-electron chi connectivity index (χ1n) is 9.11. The minimum absolute atomic E-state index is 0.0415. The van der Waals surface area contributed by atoms with Crippen molar-refractivity contribution in [3.63, 3.8) is 0 Å². The van der Waals surface area contributed by atoms with E-state index in [4.69, 9.17) is 35.6 Å². The molecular formula is C15H21ClN5O8P. The van der Waals surface area contributed by atoms with Crippen LogP contribution in [0.4, 0.5) is 5.82 Å². The summed E-state index contributed by atoms with van der Waals surface area (Å²) in [6.07, 6.45) is -3.43. The van der Waals surface area contributed by atoms with E-state index < -0.39 is 38.5 Å². The highest BCUT2D eigenvalue weighted by Crippen LogP contribution is 2.36. The predicted octanol–water partition coefficient (Wildman–Crippen LogP) is -0.549. The number of aliphatic hydroxyl groups is 2. The third kappa shape index (κ3) is 4.59. The van der Waals surface area contributed by atoms with Gasteiger partial charge in [0.15, 0.2) is 23.2 Å². The number of ether oxygens (including phenoxy) is 3. The van der Waals surface area contributed by atoms with Gasteiger partial charge in [-0.2, -0.15) is 9.97 Å². The molecule has 2 aliphatic rings. The van der Waals surface area contributed by atoms with Crippen LogP contribution in [0.5, 0.6) is 0 Å². The molecule has 13 nitrogen and oxygen atoms in total. The summed E-state index contributed by atoms with van der Waals surface area (Å²) in [5.74, 6) is 0.411. The number of fused-ring (bicyclic) bond motifs is 1. The van der Waals surface area contributed by atoms with Crippen LogP contribution in [-0.4, -0.2) is 90.0 Å². The van der Waals surface area contributed by atoms with Crippen molar-refractivity contribution < 1.29 is 38.8 Å². The second-order valence-electron chi connectivity index (χ2n) is 7.08. The number of aliphatic hydroxyl groups excluding tert-OH is 2. The monoisotopic (exact) mass is 465 g/mol. The topological polar surface area (TPSA) is 181 Å². The number of hydrogen-bond acceptors (Lipinski definition) is 10. The molecule has 2 aromatic rings. The molecule has 0 aliphatic carbocycles. The first kappa shape index (κ1) is 21.8. The SMILES string of the molecule is O=P(O)(O)COC[C@H]1O[C@@H](n2cnc3c(N[C@@H]4CCOC4)nc(Cl)nc32)[C@H](O)[C@@H]1O. The minimum Gasteiger partial charge on any atom is -0.387 e. The normalized spacial score (nSPS) is 29.7. The number of aromatic nitrogens is 4. The second-order valence-corrected chi connectivity index (χ2v) is 9.01. The molecule has 0 spiro atoms. The number of imidazole rings is 1. The number of nitrogens with zero attached hydrogens (tertiary/aromatic N) is 4. The fourth-order valence-corrected chi connectivity index (χ4v) is 3.91. The summed E-state index contributed by atoms with van der Waals surface area (Å²) in [7, 11) is -4.36. The molecule has 0 aromatic carbocycles. The van der Waals surface area contributed by atoms with E-state index >= 15 is 0 Å². The Morgan fingerprint density at radius 2 is 2.13 bits per heavy atom. The summed E-state index contributed by atoms with van der Waals surface area (Å²) in [6, 6.07) is 0.0509. The highest BCUT2D eigenvalue weighted by molar-refractivity contribution is 7.51. The molecule has 0 saturated carbocycles. The molecule has 2 fully saturated rings. The van der Waals surface area contributed by atoms with Gasteiger partial charge in [0.1, 0.15) is 24.7 Å². The second kappa shape index (κ2) is 8.61. The van der Waals surface area contributed by atoms with Crippen molar-refractivity contribution in [1.29, 1.82) is 0 Å². The van der Waals surface area contributed by atoms with Gasteiger partial charge in [-0.15, -0.1) is 0 Å². The van der Waals surface area contributed by atoms with E-state index in [1.54, 1.807) is 0 Å². The van der Waals surface area contributed by atoms with Crippen molar-refractivity contribution in [2.75, 3.05) is 31.5 Å². The smallest absolute Gasteiger partial charge is 0.350 e. The molecule has 166 valence electrons. The lowest BCUT2D eigenvalue weighted by Gasteiger charge is -2.17. The van der Waals surface area contributed by atoms with E-state index in [0.29, 0.717) is 24.5 Å². The molecule has 2 aliphatic heterocycles. The summed E-state index contributed by atoms with van der Waals surface area (Å²) in [6.45, 7) is 0.840. The lowest BCUT2D eigenvalue weighted by Crippen LogP contribution is -2.33. The summed E-state index contributed by atoms with van der Waals surface area (Å²) >= 11 is 6.07. The van der Waals surface area contributed by atoms with Gasteiger partial charge >= 0.3 is 7.60 Å². The van der Waals surface area contributed by atoms with Crippen LogP contribution in [0.15, 0.2) is 6.33 Å². The Kier molecular flexibility index (Phi) is 6.26. The number of nitrogens with one attached hydrogen (secondary N) is 1. The Balaban J connectivity index is 1.55. The maximum atomic E-state index is 10.9. The fourth-order valence-electron chi connectivity index (χ4n) is 3.40. The zero-order valence-electron chi connectivity index (χ0n) is 15.5. The average Bonchev–Trinajstić information content (AvgIpc) is 3.37. The zero-order valence-corrected chi connectivity index (χ0v) is 17.2. The number of rotatable bonds is 7. The molecule has 4 rings (SSSR count). The van der Waals surface area contributed by atoms with Crippen LogP contribution in [0.1, 0.15) is 12.6 Å². The average molecular weight is 466 g/mol. The van der Waals surface area contributed by atoms with Gasteiger partial charge in [0, 0.05) is 6.61 Å². The molecule has 5 N–H and O–H groups in total. The van der Waals surface area contributed by atoms with Crippen molar-refractivity contribution in [2.24, 2.45) is 0 Å². The summed E-state index contributed by atoms with van der Waals surface area (Å²) < 4.78 is 28.2. The summed E-state index contributed by atoms with van der Waals surface area (Å²) in [5.41, 5.74) is 0.683. The van der Waals surface area contributed by atoms with Crippen LogP contribution in [0.3, 0.4) is 0 Å². The maximum Gasteiger partial charge on any atom is 0.350 e. The van der Waals surface area contributed by atoms with E-state index in [9.17, 15) is 14.8 Å². The van der Waals surface area contributed by atoms with Crippen LogP contribution >= 0.6 is 19.2 Å². The van der Waals surface area contributed by atoms with Gasteiger partial charge in [-0.1, -0.05) is 0 Å². The highest BCUT2D eigenvalue weighted by atomic mass is 35.5. The van der Waals surface area contributed by atoms with Crippen molar-refractivity contribution >= 4 is 36.2 Å². The first-order valence-corrected chi connectivity index (χ1v) is 11.3. The third-order valence-electron chi connectivity index (χ3n) is 4.82. The van der Waals surface area contributed by atoms with E-state index in [-0.39, 0.29) is 23.6 Å². The summed E-state index contributed by atoms with van der Waals surface area (Å²) in [5, 5.41) is 23.9. The Morgan fingerprint density at radius 3 is 2.83 bits per heavy atom.